The molecule has 2 aromatic rings. The van der Waals surface area contributed by atoms with Gasteiger partial charge in [0.05, 0.1) is 7.11 Å². The predicted molar refractivity (Wildman–Crippen MR) is 139 cm³/mol. The highest BCUT2D eigenvalue weighted by Gasteiger charge is 2.38. The maximum Gasteiger partial charge on any atom is 0.410 e. The zero-order valence-electron chi connectivity index (χ0n) is 21.6. The van der Waals surface area contributed by atoms with Gasteiger partial charge in [0.2, 0.25) is 0 Å². The Morgan fingerprint density at radius 1 is 1.13 bits per heavy atom. The van der Waals surface area contributed by atoms with E-state index in [0.29, 0.717) is 34.2 Å². The molecule has 2 aliphatic rings. The number of rotatable bonds is 6. The van der Waals surface area contributed by atoms with Gasteiger partial charge >= 0.3 is 16.3 Å². The van der Waals surface area contributed by atoms with Crippen molar-refractivity contribution in [2.45, 2.75) is 39.4 Å². The second-order valence-electron chi connectivity index (χ2n) is 9.90. The van der Waals surface area contributed by atoms with Crippen LogP contribution in [0.2, 0.25) is 0 Å². The fourth-order valence-electron chi connectivity index (χ4n) is 4.08. The van der Waals surface area contributed by atoms with E-state index in [4.69, 9.17) is 14.2 Å². The molecule has 0 radical (unpaired) electrons. The number of hydrogen-bond acceptors (Lipinski definition) is 7. The molecule has 0 aromatic heterocycles. The SMILES string of the molecule is COc1ccc(COc2cc(C3=CCCN(C(=O)OC(C)(C)C)C3)cc(F)c2N2CC(=O)NS2(=O)=O)cc1. The molecule has 12 heteroatoms. The van der Waals surface area contributed by atoms with Gasteiger partial charge in [0, 0.05) is 13.1 Å². The van der Waals surface area contributed by atoms with E-state index in [9.17, 15) is 18.0 Å². The fraction of sp³-hybridized carbons (Fsp3) is 0.385. The van der Waals surface area contributed by atoms with E-state index in [1.165, 1.54) is 17.0 Å². The lowest BCUT2D eigenvalue weighted by Crippen LogP contribution is -2.39. The molecule has 0 aliphatic carbocycles. The predicted octanol–water partition coefficient (Wildman–Crippen LogP) is 3.62. The maximum atomic E-state index is 15.6. The highest BCUT2D eigenvalue weighted by atomic mass is 32.2. The number of nitrogens with zero attached hydrogens (tertiary/aromatic N) is 2. The lowest BCUT2D eigenvalue weighted by molar-refractivity contribution is -0.117. The van der Waals surface area contributed by atoms with Crippen molar-refractivity contribution in [3.63, 3.8) is 0 Å². The third-order valence-electron chi connectivity index (χ3n) is 5.82. The highest BCUT2D eigenvalue weighted by molar-refractivity contribution is 7.92. The van der Waals surface area contributed by atoms with Crippen molar-refractivity contribution < 1.29 is 36.6 Å². The van der Waals surface area contributed by atoms with Crippen molar-refractivity contribution in [1.82, 2.24) is 9.62 Å². The van der Waals surface area contributed by atoms with Crippen LogP contribution in [-0.2, 0) is 26.3 Å². The van der Waals surface area contributed by atoms with E-state index in [1.807, 2.05) is 10.8 Å². The Balaban J connectivity index is 1.67. The second-order valence-corrected chi connectivity index (χ2v) is 11.5. The van der Waals surface area contributed by atoms with Gasteiger partial charge in [-0.1, -0.05) is 18.2 Å². The normalized spacial score (nSPS) is 17.1. The average Bonchev–Trinajstić information content (AvgIpc) is 3.12. The van der Waals surface area contributed by atoms with Gasteiger partial charge in [-0.05, 0) is 68.2 Å². The summed E-state index contributed by atoms with van der Waals surface area (Å²) < 4.78 is 59.7. The molecule has 38 heavy (non-hydrogen) atoms. The molecule has 2 aromatic carbocycles. The fourth-order valence-corrected chi connectivity index (χ4v) is 5.24. The Bertz CT molecular complexity index is 1370. The third kappa shape index (κ3) is 6.18. The smallest absolute Gasteiger partial charge is 0.410 e. The number of nitrogens with one attached hydrogen (secondary N) is 1. The van der Waals surface area contributed by atoms with Gasteiger partial charge in [-0.15, -0.1) is 0 Å². The molecule has 2 heterocycles. The summed E-state index contributed by atoms with van der Waals surface area (Å²) >= 11 is 0. The maximum absolute atomic E-state index is 15.6. The molecule has 2 amide bonds. The molecule has 4 rings (SSSR count). The summed E-state index contributed by atoms with van der Waals surface area (Å²) in [5.41, 5.74) is 0.761. The summed E-state index contributed by atoms with van der Waals surface area (Å²) in [6.45, 7) is 5.37. The Hall–Kier alpha value is -3.80. The molecule has 0 atom stereocenters. The first-order valence-electron chi connectivity index (χ1n) is 12.0. The van der Waals surface area contributed by atoms with E-state index in [-0.39, 0.29) is 24.6 Å². The minimum atomic E-state index is -4.29. The van der Waals surface area contributed by atoms with Gasteiger partial charge in [-0.3, -0.25) is 4.79 Å². The topological polar surface area (TPSA) is 114 Å². The van der Waals surface area contributed by atoms with Crippen LogP contribution in [0.25, 0.3) is 5.57 Å². The number of methoxy groups -OCH3 is 1. The largest absolute Gasteiger partial charge is 0.497 e. The molecule has 1 N–H and O–H groups in total. The van der Waals surface area contributed by atoms with Crippen molar-refractivity contribution in [1.29, 1.82) is 0 Å². The number of hydrogen-bond donors (Lipinski definition) is 1. The lowest BCUT2D eigenvalue weighted by atomic mass is 10.00. The monoisotopic (exact) mass is 547 g/mol. The lowest BCUT2D eigenvalue weighted by Gasteiger charge is -2.30. The molecule has 1 saturated heterocycles. The first-order chi connectivity index (χ1) is 17.9. The summed E-state index contributed by atoms with van der Waals surface area (Å²) in [5.74, 6) is -1.08. The summed E-state index contributed by atoms with van der Waals surface area (Å²) in [7, 11) is -2.74. The van der Waals surface area contributed by atoms with E-state index in [1.54, 1.807) is 52.1 Å². The number of halogens is 1. The van der Waals surface area contributed by atoms with Gasteiger partial charge in [0.1, 0.15) is 35.9 Å². The highest BCUT2D eigenvalue weighted by Crippen LogP contribution is 2.38. The Morgan fingerprint density at radius 3 is 2.45 bits per heavy atom. The van der Waals surface area contributed by atoms with Crippen LogP contribution in [0.1, 0.15) is 38.3 Å². The standard InChI is InChI=1S/C26H30FN3O7S/c1-26(2,3)37-25(32)29-11-5-6-18(14-29)19-12-21(27)24(30-15-23(31)28-38(30,33)34)22(13-19)36-16-17-7-9-20(35-4)10-8-17/h6-10,12-13H,5,11,14-16H2,1-4H3,(H,28,31). The summed E-state index contributed by atoms with van der Waals surface area (Å²) in [6.07, 6.45) is 1.93. The number of benzene rings is 2. The van der Waals surface area contributed by atoms with Crippen LogP contribution in [0, 0.1) is 5.82 Å². The van der Waals surface area contributed by atoms with Crippen molar-refractivity contribution in [3.05, 3.63) is 59.4 Å². The van der Waals surface area contributed by atoms with Crippen LogP contribution in [0.4, 0.5) is 14.9 Å². The van der Waals surface area contributed by atoms with Gasteiger partial charge in [-0.25, -0.2) is 18.2 Å². The van der Waals surface area contributed by atoms with E-state index in [2.05, 4.69) is 0 Å². The zero-order chi connectivity index (χ0) is 27.7. The van der Waals surface area contributed by atoms with E-state index < -0.39 is 40.2 Å². The molecule has 204 valence electrons. The van der Waals surface area contributed by atoms with E-state index >= 15 is 4.39 Å². The zero-order valence-corrected chi connectivity index (χ0v) is 22.4. The quantitative estimate of drug-likeness (QED) is 0.588. The number of amides is 2. The van der Waals surface area contributed by atoms with Crippen LogP contribution in [0.3, 0.4) is 0 Å². The van der Waals surface area contributed by atoms with Crippen molar-refractivity contribution in [2.24, 2.45) is 0 Å². The second kappa shape index (κ2) is 10.5. The van der Waals surface area contributed by atoms with Gasteiger partial charge in [0.25, 0.3) is 5.91 Å². The van der Waals surface area contributed by atoms with Crippen molar-refractivity contribution in [3.8, 4) is 11.5 Å². The van der Waals surface area contributed by atoms with Gasteiger partial charge in [0.15, 0.2) is 5.82 Å². The Labute approximate surface area is 221 Å². The number of carbonyl (C=O) groups excluding carboxylic acids is 2. The van der Waals surface area contributed by atoms with Gasteiger partial charge in [-0.2, -0.15) is 8.42 Å². The van der Waals surface area contributed by atoms with Crippen LogP contribution in [-0.4, -0.2) is 57.7 Å². The van der Waals surface area contributed by atoms with E-state index in [0.717, 1.165) is 5.56 Å². The number of anilines is 1. The molecule has 10 nitrogen and oxygen atoms in total. The summed E-state index contributed by atoms with van der Waals surface area (Å²) in [5, 5.41) is 0. The third-order valence-corrected chi connectivity index (χ3v) is 7.20. The van der Waals surface area contributed by atoms with Crippen LogP contribution in [0.15, 0.2) is 42.5 Å². The van der Waals surface area contributed by atoms with Crippen LogP contribution < -0.4 is 18.5 Å². The molecule has 0 bridgehead atoms. The van der Waals surface area contributed by atoms with Crippen LogP contribution in [0.5, 0.6) is 11.5 Å². The summed E-state index contributed by atoms with van der Waals surface area (Å²) in [4.78, 5) is 26.0. The first-order valence-corrected chi connectivity index (χ1v) is 13.4. The minimum absolute atomic E-state index is 0.00175. The first kappa shape index (κ1) is 27.2. The molecule has 2 aliphatic heterocycles. The number of ether oxygens (including phenoxy) is 3. The van der Waals surface area contributed by atoms with Crippen LogP contribution >= 0.6 is 0 Å². The molecule has 0 spiro atoms. The van der Waals surface area contributed by atoms with Gasteiger partial charge < -0.3 is 19.1 Å². The molecule has 0 unspecified atom stereocenters. The molecular weight excluding hydrogens is 517 g/mol. The van der Waals surface area contributed by atoms with Crippen molar-refractivity contribution >= 4 is 33.5 Å². The average molecular weight is 548 g/mol. The summed E-state index contributed by atoms with van der Waals surface area (Å²) in [6, 6.07) is 9.70. The molecular formula is C26H30FN3O7S. The molecule has 0 saturated carbocycles. The number of carbonyl (C=O) groups is 2. The Kier molecular flexibility index (Phi) is 7.54. The Morgan fingerprint density at radius 2 is 1.84 bits per heavy atom. The van der Waals surface area contributed by atoms with Crippen molar-refractivity contribution in [2.75, 3.05) is 31.0 Å². The minimum Gasteiger partial charge on any atom is -0.497 e. The molecule has 1 fully saturated rings.